The predicted molar refractivity (Wildman–Crippen MR) is 105 cm³/mol. The zero-order chi connectivity index (χ0) is 18.9. The molecule has 1 saturated carbocycles. The fraction of sp³-hybridized carbons (Fsp3) is 0.600. The Morgan fingerprint density at radius 3 is 2.77 bits per heavy atom. The van der Waals surface area contributed by atoms with E-state index in [1.165, 1.54) is 0 Å². The number of carbonyl (C=O) groups excluding carboxylic acids is 1. The molecule has 142 valence electrons. The summed E-state index contributed by atoms with van der Waals surface area (Å²) < 4.78 is 5.28. The Morgan fingerprint density at radius 2 is 2.08 bits per heavy atom. The van der Waals surface area contributed by atoms with Gasteiger partial charge in [0, 0.05) is 12.6 Å². The molecule has 26 heavy (non-hydrogen) atoms. The molecule has 2 fully saturated rings. The molecule has 3 rings (SSSR count). The third-order valence-corrected chi connectivity index (χ3v) is 5.63. The summed E-state index contributed by atoms with van der Waals surface area (Å²) in [6.07, 6.45) is 3.29. The van der Waals surface area contributed by atoms with Crippen molar-refractivity contribution in [3.8, 4) is 0 Å². The Labute approximate surface area is 160 Å². The van der Waals surface area contributed by atoms with E-state index >= 15 is 0 Å². The second-order valence-electron chi connectivity index (χ2n) is 8.59. The second-order valence-corrected chi connectivity index (χ2v) is 9.00. The monoisotopic (exact) mass is 377 g/mol. The lowest BCUT2D eigenvalue weighted by Gasteiger charge is -2.39. The van der Waals surface area contributed by atoms with Gasteiger partial charge in [0.05, 0.1) is 17.3 Å². The largest absolute Gasteiger partial charge is 0.460 e. The average molecular weight is 378 g/mol. The molecule has 0 unspecified atom stereocenters. The molecule has 1 heterocycles. The van der Waals surface area contributed by atoms with Crippen molar-refractivity contribution in [2.24, 2.45) is 15.9 Å². The summed E-state index contributed by atoms with van der Waals surface area (Å²) >= 11 is 6.20. The average Bonchev–Trinajstić information content (AvgIpc) is 2.78. The molecule has 0 radical (unpaired) electrons. The van der Waals surface area contributed by atoms with Crippen LogP contribution in [0.1, 0.15) is 47.0 Å². The van der Waals surface area contributed by atoms with Crippen molar-refractivity contribution in [2.75, 3.05) is 18.6 Å². The lowest BCUT2D eigenvalue weighted by Crippen LogP contribution is -2.42. The van der Waals surface area contributed by atoms with Gasteiger partial charge in [-0.25, -0.2) is 4.79 Å². The van der Waals surface area contributed by atoms with Crippen LogP contribution in [0.15, 0.2) is 29.4 Å². The summed E-state index contributed by atoms with van der Waals surface area (Å²) in [5.41, 5.74) is 4.09. The Bertz CT molecular complexity index is 719. The molecule has 1 aliphatic heterocycles. The number of nitrogens with one attached hydrogen (secondary N) is 1. The quantitative estimate of drug-likeness (QED) is 0.364. The summed E-state index contributed by atoms with van der Waals surface area (Å²) in [5.74, 6) is -0.0424. The summed E-state index contributed by atoms with van der Waals surface area (Å²) in [6.45, 7) is 9.89. The van der Waals surface area contributed by atoms with Crippen molar-refractivity contribution in [2.45, 2.75) is 53.0 Å². The highest BCUT2D eigenvalue weighted by molar-refractivity contribution is 6.36. The number of rotatable bonds is 3. The van der Waals surface area contributed by atoms with Crippen molar-refractivity contribution < 1.29 is 9.53 Å². The number of fused-ring (bicyclic) bond motifs is 2. The Hall–Kier alpha value is -1.75. The van der Waals surface area contributed by atoms with Crippen LogP contribution in [0.4, 0.5) is 5.69 Å². The van der Waals surface area contributed by atoms with Crippen LogP contribution in [0.5, 0.6) is 0 Å². The zero-order valence-corrected chi connectivity index (χ0v) is 16.8. The number of hydrogen-bond donors (Lipinski definition) is 1. The van der Waals surface area contributed by atoms with E-state index in [1.54, 1.807) is 6.07 Å². The van der Waals surface area contributed by atoms with Crippen LogP contribution >= 0.6 is 11.6 Å². The number of hydrazone groups is 1. The van der Waals surface area contributed by atoms with Crippen LogP contribution in [0.25, 0.3) is 0 Å². The predicted octanol–water partition coefficient (Wildman–Crippen LogP) is 4.53. The highest BCUT2D eigenvalue weighted by Gasteiger charge is 2.51. The molecule has 0 aromatic heterocycles. The summed E-state index contributed by atoms with van der Waals surface area (Å²) in [6, 6.07) is 7.66. The van der Waals surface area contributed by atoms with Gasteiger partial charge in [-0.05, 0) is 49.1 Å². The maximum Gasteiger partial charge on any atom is 0.376 e. The SMILES string of the molecule is CCOC(=O)/C(=N\Nc1ccccc1Cl)N1C[C@@]2(C)C[C@H]1CC(C)(C)C2. The van der Waals surface area contributed by atoms with Gasteiger partial charge >= 0.3 is 5.97 Å². The molecule has 2 atom stereocenters. The zero-order valence-electron chi connectivity index (χ0n) is 16.0. The Morgan fingerprint density at radius 1 is 1.35 bits per heavy atom. The number of esters is 1. The molecule has 1 N–H and O–H groups in total. The van der Waals surface area contributed by atoms with Gasteiger partial charge < -0.3 is 9.64 Å². The molecule has 2 aliphatic rings. The van der Waals surface area contributed by atoms with Gasteiger partial charge in [-0.15, -0.1) is 5.10 Å². The van der Waals surface area contributed by atoms with Crippen molar-refractivity contribution in [3.63, 3.8) is 0 Å². The van der Waals surface area contributed by atoms with Crippen LogP contribution in [0.2, 0.25) is 5.02 Å². The molecule has 0 spiro atoms. The Balaban J connectivity index is 1.89. The molecule has 1 saturated heterocycles. The highest BCUT2D eigenvalue weighted by atomic mass is 35.5. The van der Waals surface area contributed by atoms with Gasteiger partial charge in [-0.3, -0.25) is 5.43 Å². The number of nitrogens with zero attached hydrogens (tertiary/aromatic N) is 2. The van der Waals surface area contributed by atoms with E-state index in [0.717, 1.165) is 25.8 Å². The first-order valence-electron chi connectivity index (χ1n) is 9.25. The van der Waals surface area contributed by atoms with Gasteiger partial charge in [0.1, 0.15) is 0 Å². The van der Waals surface area contributed by atoms with Crippen molar-refractivity contribution in [3.05, 3.63) is 29.3 Å². The summed E-state index contributed by atoms with van der Waals surface area (Å²) in [4.78, 5) is 14.8. The number of likely N-dealkylation sites (tertiary alicyclic amines) is 1. The van der Waals surface area contributed by atoms with E-state index in [0.29, 0.717) is 29.2 Å². The molecule has 2 bridgehead atoms. The van der Waals surface area contributed by atoms with Crippen LogP contribution in [0.3, 0.4) is 0 Å². The fourth-order valence-electron chi connectivity index (χ4n) is 4.80. The fourth-order valence-corrected chi connectivity index (χ4v) is 4.97. The first-order chi connectivity index (χ1) is 12.2. The lowest BCUT2D eigenvalue weighted by atomic mass is 9.65. The molecule has 1 aliphatic carbocycles. The summed E-state index contributed by atoms with van der Waals surface area (Å²) in [5, 5.41) is 4.99. The smallest absolute Gasteiger partial charge is 0.376 e. The van der Waals surface area contributed by atoms with Crippen LogP contribution in [0, 0.1) is 10.8 Å². The topological polar surface area (TPSA) is 53.9 Å². The number of halogens is 1. The second kappa shape index (κ2) is 7.10. The van der Waals surface area contributed by atoms with Crippen LogP contribution in [-0.2, 0) is 9.53 Å². The Kier molecular flexibility index (Phi) is 5.20. The van der Waals surface area contributed by atoms with E-state index in [2.05, 4.69) is 36.2 Å². The van der Waals surface area contributed by atoms with Gasteiger partial charge in [-0.2, -0.15) is 0 Å². The number of carbonyl (C=O) groups is 1. The molecule has 1 aromatic rings. The molecule has 6 heteroatoms. The van der Waals surface area contributed by atoms with Crippen molar-refractivity contribution in [1.82, 2.24) is 4.90 Å². The molecular weight excluding hydrogens is 350 g/mol. The van der Waals surface area contributed by atoms with E-state index in [1.807, 2.05) is 25.1 Å². The van der Waals surface area contributed by atoms with Crippen LogP contribution in [-0.4, -0.2) is 35.9 Å². The molecule has 1 aromatic carbocycles. The molecule has 5 nitrogen and oxygen atoms in total. The number of ether oxygens (including phenoxy) is 1. The van der Waals surface area contributed by atoms with Gasteiger partial charge in [0.2, 0.25) is 5.84 Å². The first-order valence-corrected chi connectivity index (χ1v) is 9.63. The summed E-state index contributed by atoms with van der Waals surface area (Å²) in [7, 11) is 0. The number of amidine groups is 1. The standard InChI is InChI=1S/C20H28ClN3O2/c1-5-26-18(25)17(23-22-16-9-7-6-8-15(16)21)24-13-20(4)11-14(24)10-19(2,3)12-20/h6-9,14,22H,5,10-13H2,1-4H3/b23-17+/t14-,20+/m1/s1. The maximum atomic E-state index is 12.6. The van der Waals surface area contributed by atoms with Crippen molar-refractivity contribution in [1.29, 1.82) is 0 Å². The number of hydrogen-bond acceptors (Lipinski definition) is 4. The minimum Gasteiger partial charge on any atom is -0.460 e. The number of benzene rings is 1. The first kappa shape index (κ1) is 19.0. The van der Waals surface area contributed by atoms with E-state index in [-0.39, 0.29) is 16.8 Å². The van der Waals surface area contributed by atoms with E-state index in [4.69, 9.17) is 16.3 Å². The van der Waals surface area contributed by atoms with E-state index < -0.39 is 0 Å². The lowest BCUT2D eigenvalue weighted by molar-refractivity contribution is -0.136. The molecule has 0 amide bonds. The minimum absolute atomic E-state index is 0.198. The third-order valence-electron chi connectivity index (χ3n) is 5.30. The third kappa shape index (κ3) is 3.98. The van der Waals surface area contributed by atoms with Gasteiger partial charge in [0.15, 0.2) is 0 Å². The van der Waals surface area contributed by atoms with Crippen molar-refractivity contribution >= 4 is 29.1 Å². The van der Waals surface area contributed by atoms with Gasteiger partial charge in [-0.1, -0.05) is 44.5 Å². The number of anilines is 1. The minimum atomic E-state index is -0.388. The molecular formula is C20H28ClN3O2. The highest BCUT2D eigenvalue weighted by Crippen LogP contribution is 2.52. The maximum absolute atomic E-state index is 12.6. The van der Waals surface area contributed by atoms with Gasteiger partial charge in [0.25, 0.3) is 0 Å². The normalized spacial score (nSPS) is 27.3. The number of para-hydroxylation sites is 1. The van der Waals surface area contributed by atoms with E-state index in [9.17, 15) is 4.79 Å². The van der Waals surface area contributed by atoms with Crippen LogP contribution < -0.4 is 5.43 Å².